The molecule has 4 heteroatoms. The highest BCUT2D eigenvalue weighted by atomic mass is 14.9. The van der Waals surface area contributed by atoms with Crippen LogP contribution in [0.2, 0.25) is 0 Å². The fraction of sp³-hybridized carbons (Fsp3) is 0. The molecule has 2 rings (SSSR count). The summed E-state index contributed by atoms with van der Waals surface area (Å²) in [4.78, 5) is 11.8. The van der Waals surface area contributed by atoms with Gasteiger partial charge in [0.15, 0.2) is 0 Å². The van der Waals surface area contributed by atoms with Crippen molar-refractivity contribution >= 4 is 5.69 Å². The number of nitrogens with two attached hydrogens (primary N) is 1. The SMILES string of the molecule is Nc1cncnc1-c1ccncc1. The highest BCUT2D eigenvalue weighted by Gasteiger charge is 2.01. The Morgan fingerprint density at radius 3 is 2.54 bits per heavy atom. The van der Waals surface area contributed by atoms with Gasteiger partial charge in [-0.25, -0.2) is 9.97 Å². The Labute approximate surface area is 75.5 Å². The summed E-state index contributed by atoms with van der Waals surface area (Å²) in [7, 11) is 0. The standard InChI is InChI=1S/C9H8N4/c10-8-5-12-6-13-9(8)7-1-3-11-4-2-7/h1-6H,10H2. The molecule has 2 N–H and O–H groups in total. The minimum absolute atomic E-state index is 0.578. The van der Waals surface area contributed by atoms with Gasteiger partial charge >= 0.3 is 0 Å². The Balaban J connectivity index is 2.54. The maximum atomic E-state index is 5.71. The molecular formula is C9H8N4. The third kappa shape index (κ3) is 1.46. The van der Waals surface area contributed by atoms with E-state index in [9.17, 15) is 0 Å². The lowest BCUT2D eigenvalue weighted by atomic mass is 10.2. The number of nitrogens with zero attached hydrogens (tertiary/aromatic N) is 3. The lowest BCUT2D eigenvalue weighted by Gasteiger charge is -2.01. The maximum Gasteiger partial charge on any atom is 0.116 e. The van der Waals surface area contributed by atoms with E-state index < -0.39 is 0 Å². The smallest absolute Gasteiger partial charge is 0.116 e. The number of anilines is 1. The second kappa shape index (κ2) is 3.18. The molecule has 0 aliphatic carbocycles. The van der Waals surface area contributed by atoms with Gasteiger partial charge in [-0.3, -0.25) is 4.98 Å². The molecule has 64 valence electrons. The predicted octanol–water partition coefficient (Wildman–Crippen LogP) is 1.12. The Bertz CT molecular complexity index is 399. The predicted molar refractivity (Wildman–Crippen MR) is 49.7 cm³/mol. The van der Waals surface area contributed by atoms with Crippen LogP contribution < -0.4 is 5.73 Å². The zero-order chi connectivity index (χ0) is 9.10. The van der Waals surface area contributed by atoms with Crippen molar-refractivity contribution < 1.29 is 0 Å². The Hall–Kier alpha value is -1.97. The molecule has 0 aliphatic rings. The topological polar surface area (TPSA) is 64.7 Å². The molecule has 0 saturated carbocycles. The van der Waals surface area contributed by atoms with Gasteiger partial charge in [-0.1, -0.05) is 0 Å². The number of hydrogen-bond donors (Lipinski definition) is 1. The monoisotopic (exact) mass is 172 g/mol. The highest BCUT2D eigenvalue weighted by molar-refractivity contribution is 5.70. The van der Waals surface area contributed by atoms with Crippen molar-refractivity contribution in [2.75, 3.05) is 5.73 Å². The van der Waals surface area contributed by atoms with Gasteiger partial charge in [-0.15, -0.1) is 0 Å². The fourth-order valence-electron chi connectivity index (χ4n) is 1.09. The first-order valence-electron chi connectivity index (χ1n) is 3.84. The average molecular weight is 172 g/mol. The lowest BCUT2D eigenvalue weighted by Crippen LogP contribution is -1.93. The van der Waals surface area contributed by atoms with Crippen LogP contribution in [0.4, 0.5) is 5.69 Å². The van der Waals surface area contributed by atoms with Crippen molar-refractivity contribution in [1.82, 2.24) is 15.0 Å². The number of aromatic nitrogens is 3. The summed E-state index contributed by atoms with van der Waals surface area (Å²) in [5, 5.41) is 0. The van der Waals surface area contributed by atoms with Crippen molar-refractivity contribution in [3.05, 3.63) is 37.1 Å². The molecule has 13 heavy (non-hydrogen) atoms. The normalized spacial score (nSPS) is 9.85. The van der Waals surface area contributed by atoms with Gasteiger partial charge in [-0.2, -0.15) is 0 Å². The molecule has 0 radical (unpaired) electrons. The summed E-state index contributed by atoms with van der Waals surface area (Å²) >= 11 is 0. The Morgan fingerprint density at radius 1 is 1.08 bits per heavy atom. The molecule has 2 aromatic rings. The van der Waals surface area contributed by atoms with Gasteiger partial charge in [0.05, 0.1) is 17.6 Å². The van der Waals surface area contributed by atoms with Crippen molar-refractivity contribution in [3.63, 3.8) is 0 Å². The van der Waals surface area contributed by atoms with Gasteiger partial charge in [0, 0.05) is 18.0 Å². The van der Waals surface area contributed by atoms with E-state index in [4.69, 9.17) is 5.73 Å². The van der Waals surface area contributed by atoms with E-state index in [-0.39, 0.29) is 0 Å². The number of rotatable bonds is 1. The maximum absolute atomic E-state index is 5.71. The summed E-state index contributed by atoms with van der Waals surface area (Å²) in [5.41, 5.74) is 7.99. The van der Waals surface area contributed by atoms with Gasteiger partial charge < -0.3 is 5.73 Å². The first-order chi connectivity index (χ1) is 6.38. The molecule has 0 unspecified atom stereocenters. The van der Waals surface area contributed by atoms with E-state index in [1.807, 2.05) is 12.1 Å². The van der Waals surface area contributed by atoms with E-state index in [2.05, 4.69) is 15.0 Å². The number of hydrogen-bond acceptors (Lipinski definition) is 4. The zero-order valence-corrected chi connectivity index (χ0v) is 6.88. The van der Waals surface area contributed by atoms with Crippen LogP contribution in [0.3, 0.4) is 0 Å². The van der Waals surface area contributed by atoms with Crippen molar-refractivity contribution in [2.45, 2.75) is 0 Å². The molecule has 0 bridgehead atoms. The van der Waals surface area contributed by atoms with E-state index >= 15 is 0 Å². The molecule has 0 atom stereocenters. The third-order valence-electron chi connectivity index (χ3n) is 1.69. The molecule has 0 spiro atoms. The highest BCUT2D eigenvalue weighted by Crippen LogP contribution is 2.20. The van der Waals surface area contributed by atoms with Crippen LogP contribution in [-0.2, 0) is 0 Å². The van der Waals surface area contributed by atoms with E-state index in [0.717, 1.165) is 11.3 Å². The third-order valence-corrected chi connectivity index (χ3v) is 1.69. The van der Waals surface area contributed by atoms with Crippen LogP contribution in [0, 0.1) is 0 Å². The van der Waals surface area contributed by atoms with Crippen LogP contribution >= 0.6 is 0 Å². The summed E-state index contributed by atoms with van der Waals surface area (Å²) in [6.07, 6.45) is 6.47. The summed E-state index contributed by atoms with van der Waals surface area (Å²) in [6.45, 7) is 0. The Morgan fingerprint density at radius 2 is 1.85 bits per heavy atom. The molecule has 2 aromatic heterocycles. The van der Waals surface area contributed by atoms with Gasteiger partial charge in [0.25, 0.3) is 0 Å². The average Bonchev–Trinajstić information content (AvgIpc) is 2.20. The van der Waals surface area contributed by atoms with Crippen LogP contribution in [0.5, 0.6) is 0 Å². The zero-order valence-electron chi connectivity index (χ0n) is 6.88. The minimum atomic E-state index is 0.578. The summed E-state index contributed by atoms with van der Waals surface area (Å²) in [6, 6.07) is 3.72. The molecule has 4 nitrogen and oxygen atoms in total. The first kappa shape index (κ1) is 7.67. The molecule has 0 saturated heterocycles. The number of pyridine rings is 1. The number of nitrogen functional groups attached to an aromatic ring is 1. The van der Waals surface area contributed by atoms with E-state index in [0.29, 0.717) is 5.69 Å². The largest absolute Gasteiger partial charge is 0.396 e. The lowest BCUT2D eigenvalue weighted by molar-refractivity contribution is 1.17. The van der Waals surface area contributed by atoms with Gasteiger partial charge in [0.1, 0.15) is 6.33 Å². The fourth-order valence-corrected chi connectivity index (χ4v) is 1.09. The van der Waals surface area contributed by atoms with Crippen molar-refractivity contribution in [3.8, 4) is 11.3 Å². The van der Waals surface area contributed by atoms with Crippen molar-refractivity contribution in [1.29, 1.82) is 0 Å². The van der Waals surface area contributed by atoms with Gasteiger partial charge in [-0.05, 0) is 12.1 Å². The van der Waals surface area contributed by atoms with Crippen LogP contribution in [0.25, 0.3) is 11.3 Å². The molecule has 0 aromatic carbocycles. The Kier molecular flexibility index (Phi) is 1.88. The minimum Gasteiger partial charge on any atom is -0.396 e. The van der Waals surface area contributed by atoms with Crippen molar-refractivity contribution in [2.24, 2.45) is 0 Å². The van der Waals surface area contributed by atoms with Gasteiger partial charge in [0.2, 0.25) is 0 Å². The molecule has 0 amide bonds. The van der Waals surface area contributed by atoms with E-state index in [1.165, 1.54) is 6.33 Å². The summed E-state index contributed by atoms with van der Waals surface area (Å²) < 4.78 is 0. The molecule has 0 fully saturated rings. The molecule has 0 aliphatic heterocycles. The van der Waals surface area contributed by atoms with Crippen LogP contribution in [-0.4, -0.2) is 15.0 Å². The van der Waals surface area contributed by atoms with E-state index in [1.54, 1.807) is 18.6 Å². The van der Waals surface area contributed by atoms with Crippen LogP contribution in [0.1, 0.15) is 0 Å². The second-order valence-electron chi connectivity index (χ2n) is 2.56. The molecular weight excluding hydrogens is 164 g/mol. The first-order valence-corrected chi connectivity index (χ1v) is 3.84. The van der Waals surface area contributed by atoms with Crippen LogP contribution in [0.15, 0.2) is 37.1 Å². The quantitative estimate of drug-likeness (QED) is 0.700. The second-order valence-corrected chi connectivity index (χ2v) is 2.56. The summed E-state index contributed by atoms with van der Waals surface area (Å²) in [5.74, 6) is 0. The molecule has 2 heterocycles.